The van der Waals surface area contributed by atoms with Crippen molar-refractivity contribution in [2.75, 3.05) is 27.3 Å². The number of likely N-dealkylation sites (tertiary alicyclic amines) is 1. The molecule has 1 aliphatic heterocycles. The van der Waals surface area contributed by atoms with E-state index in [4.69, 9.17) is 14.0 Å². The Bertz CT molecular complexity index is 708. The molecular weight excluding hydrogens is 310 g/mol. The quantitative estimate of drug-likeness (QED) is 0.808. The molecule has 7 nitrogen and oxygen atoms in total. The van der Waals surface area contributed by atoms with E-state index in [-0.39, 0.29) is 5.91 Å². The molecule has 2 aromatic rings. The lowest BCUT2D eigenvalue weighted by molar-refractivity contribution is -0.130. The molecule has 3 rings (SSSR count). The van der Waals surface area contributed by atoms with Crippen molar-refractivity contribution in [2.24, 2.45) is 0 Å². The van der Waals surface area contributed by atoms with Crippen LogP contribution in [0.25, 0.3) is 11.4 Å². The lowest BCUT2D eigenvalue weighted by Crippen LogP contribution is -2.27. The standard InChI is InChI=1S/C17H21N3O4/c1-22-13-6-5-12(11-14(13)23-2)17-18-15(24-19-17)7-8-16(21)20-9-3-4-10-20/h5-6,11H,3-4,7-10H2,1-2H3. The number of rotatable bonds is 6. The summed E-state index contributed by atoms with van der Waals surface area (Å²) in [6, 6.07) is 5.43. The molecule has 0 atom stereocenters. The van der Waals surface area contributed by atoms with Crippen LogP contribution in [0.2, 0.25) is 0 Å². The Morgan fingerprint density at radius 3 is 2.67 bits per heavy atom. The molecule has 2 heterocycles. The van der Waals surface area contributed by atoms with Gasteiger partial charge < -0.3 is 18.9 Å². The summed E-state index contributed by atoms with van der Waals surface area (Å²) >= 11 is 0. The Labute approximate surface area is 140 Å². The molecule has 24 heavy (non-hydrogen) atoms. The lowest BCUT2D eigenvalue weighted by Gasteiger charge is -2.13. The first kappa shape index (κ1) is 16.3. The van der Waals surface area contributed by atoms with Gasteiger partial charge in [-0.25, -0.2) is 0 Å². The van der Waals surface area contributed by atoms with Gasteiger partial charge in [0.2, 0.25) is 17.6 Å². The molecule has 0 unspecified atom stereocenters. The first-order chi connectivity index (χ1) is 11.7. The number of hydrogen-bond acceptors (Lipinski definition) is 6. The van der Waals surface area contributed by atoms with Gasteiger partial charge in [0.15, 0.2) is 11.5 Å². The zero-order valence-corrected chi connectivity index (χ0v) is 13.9. The second-order valence-electron chi connectivity index (χ2n) is 5.67. The number of amides is 1. The summed E-state index contributed by atoms with van der Waals surface area (Å²) in [5, 5.41) is 3.99. The number of nitrogens with zero attached hydrogens (tertiary/aromatic N) is 3. The van der Waals surface area contributed by atoms with Gasteiger partial charge in [-0.05, 0) is 31.0 Å². The van der Waals surface area contributed by atoms with Crippen LogP contribution in [0.1, 0.15) is 25.2 Å². The van der Waals surface area contributed by atoms with Crippen molar-refractivity contribution in [3.05, 3.63) is 24.1 Å². The van der Waals surface area contributed by atoms with Gasteiger partial charge in [-0.1, -0.05) is 5.16 Å². The lowest BCUT2D eigenvalue weighted by atomic mass is 10.2. The molecule has 0 saturated carbocycles. The normalized spacial score (nSPS) is 14.0. The number of aryl methyl sites for hydroxylation is 1. The minimum Gasteiger partial charge on any atom is -0.493 e. The summed E-state index contributed by atoms with van der Waals surface area (Å²) in [6.07, 6.45) is 3.04. The second kappa shape index (κ2) is 7.33. The predicted molar refractivity (Wildman–Crippen MR) is 87.0 cm³/mol. The van der Waals surface area contributed by atoms with Crippen LogP contribution in [0.5, 0.6) is 11.5 Å². The van der Waals surface area contributed by atoms with Crippen LogP contribution >= 0.6 is 0 Å². The second-order valence-corrected chi connectivity index (χ2v) is 5.67. The SMILES string of the molecule is COc1ccc(-c2noc(CCC(=O)N3CCCC3)n2)cc1OC. The third-order valence-electron chi connectivity index (χ3n) is 4.12. The molecule has 1 aromatic heterocycles. The maximum atomic E-state index is 12.1. The van der Waals surface area contributed by atoms with E-state index in [2.05, 4.69) is 10.1 Å². The summed E-state index contributed by atoms with van der Waals surface area (Å²) in [6.45, 7) is 1.72. The van der Waals surface area contributed by atoms with Gasteiger partial charge in [0.05, 0.1) is 14.2 Å². The highest BCUT2D eigenvalue weighted by atomic mass is 16.5. The number of methoxy groups -OCH3 is 2. The molecule has 1 aliphatic rings. The summed E-state index contributed by atoms with van der Waals surface area (Å²) in [4.78, 5) is 18.3. The van der Waals surface area contributed by atoms with Crippen LogP contribution in [-0.2, 0) is 11.2 Å². The van der Waals surface area contributed by atoms with Crippen LogP contribution in [0.4, 0.5) is 0 Å². The molecule has 1 fully saturated rings. The van der Waals surface area contributed by atoms with Crippen molar-refractivity contribution in [3.8, 4) is 22.9 Å². The molecule has 0 N–H and O–H groups in total. The third kappa shape index (κ3) is 3.50. The fraction of sp³-hybridized carbons (Fsp3) is 0.471. The Balaban J connectivity index is 1.65. The fourth-order valence-electron chi connectivity index (χ4n) is 2.79. The van der Waals surface area contributed by atoms with Gasteiger partial charge in [0.1, 0.15) is 0 Å². The molecular formula is C17H21N3O4. The Morgan fingerprint density at radius 2 is 1.96 bits per heavy atom. The molecule has 128 valence electrons. The van der Waals surface area contributed by atoms with E-state index in [1.807, 2.05) is 11.0 Å². The van der Waals surface area contributed by atoms with E-state index >= 15 is 0 Å². The summed E-state index contributed by atoms with van der Waals surface area (Å²) in [7, 11) is 3.16. The van der Waals surface area contributed by atoms with Gasteiger partial charge in [-0.3, -0.25) is 4.79 Å². The summed E-state index contributed by atoms with van der Waals surface area (Å²) < 4.78 is 15.8. The predicted octanol–water partition coefficient (Wildman–Crippen LogP) is 2.31. The first-order valence-corrected chi connectivity index (χ1v) is 8.04. The van der Waals surface area contributed by atoms with E-state index in [0.29, 0.717) is 36.1 Å². The van der Waals surface area contributed by atoms with Crippen LogP contribution in [0.15, 0.2) is 22.7 Å². The van der Waals surface area contributed by atoms with Gasteiger partial charge in [-0.15, -0.1) is 0 Å². The highest BCUT2D eigenvalue weighted by Gasteiger charge is 2.19. The number of benzene rings is 1. The monoisotopic (exact) mass is 331 g/mol. The minimum atomic E-state index is 0.151. The van der Waals surface area contributed by atoms with Crippen LogP contribution in [0.3, 0.4) is 0 Å². The van der Waals surface area contributed by atoms with Gasteiger partial charge in [0, 0.05) is 31.5 Å². The Hall–Kier alpha value is -2.57. The van der Waals surface area contributed by atoms with E-state index in [0.717, 1.165) is 31.5 Å². The molecule has 1 aromatic carbocycles. The first-order valence-electron chi connectivity index (χ1n) is 8.04. The largest absolute Gasteiger partial charge is 0.493 e. The van der Waals surface area contributed by atoms with Crippen molar-refractivity contribution < 1.29 is 18.8 Å². The fourth-order valence-corrected chi connectivity index (χ4v) is 2.79. The van der Waals surface area contributed by atoms with E-state index in [9.17, 15) is 4.79 Å². The smallest absolute Gasteiger partial charge is 0.227 e. The summed E-state index contributed by atoms with van der Waals surface area (Å²) in [5.41, 5.74) is 0.772. The average Bonchev–Trinajstić information content (AvgIpc) is 3.30. The van der Waals surface area contributed by atoms with Crippen LogP contribution < -0.4 is 9.47 Å². The zero-order chi connectivity index (χ0) is 16.9. The van der Waals surface area contributed by atoms with Crippen molar-refractivity contribution >= 4 is 5.91 Å². The molecule has 1 saturated heterocycles. The van der Waals surface area contributed by atoms with Crippen molar-refractivity contribution in [1.82, 2.24) is 15.0 Å². The Kier molecular flexibility index (Phi) is 4.98. The van der Waals surface area contributed by atoms with Gasteiger partial charge in [0.25, 0.3) is 0 Å². The molecule has 0 bridgehead atoms. The van der Waals surface area contributed by atoms with Gasteiger partial charge >= 0.3 is 0 Å². The maximum absolute atomic E-state index is 12.1. The minimum absolute atomic E-state index is 0.151. The highest BCUT2D eigenvalue weighted by Crippen LogP contribution is 2.31. The summed E-state index contributed by atoms with van der Waals surface area (Å²) in [5.74, 6) is 2.33. The topological polar surface area (TPSA) is 77.7 Å². The van der Waals surface area contributed by atoms with Gasteiger partial charge in [-0.2, -0.15) is 4.98 Å². The van der Waals surface area contributed by atoms with E-state index < -0.39 is 0 Å². The van der Waals surface area contributed by atoms with E-state index in [1.165, 1.54) is 0 Å². The van der Waals surface area contributed by atoms with Crippen molar-refractivity contribution in [2.45, 2.75) is 25.7 Å². The molecule has 0 spiro atoms. The molecule has 0 aliphatic carbocycles. The Morgan fingerprint density at radius 1 is 1.21 bits per heavy atom. The number of aromatic nitrogens is 2. The molecule has 0 radical (unpaired) electrons. The number of ether oxygens (including phenoxy) is 2. The third-order valence-corrected chi connectivity index (χ3v) is 4.12. The number of hydrogen-bond donors (Lipinski definition) is 0. The van der Waals surface area contributed by atoms with E-state index in [1.54, 1.807) is 26.4 Å². The van der Waals surface area contributed by atoms with Crippen LogP contribution in [0, 0.1) is 0 Å². The van der Waals surface area contributed by atoms with Crippen molar-refractivity contribution in [3.63, 3.8) is 0 Å². The maximum Gasteiger partial charge on any atom is 0.227 e. The molecule has 7 heteroatoms. The average molecular weight is 331 g/mol. The van der Waals surface area contributed by atoms with Crippen LogP contribution in [-0.4, -0.2) is 48.3 Å². The highest BCUT2D eigenvalue weighted by molar-refractivity contribution is 5.76. The number of carbonyl (C=O) groups excluding carboxylic acids is 1. The zero-order valence-electron chi connectivity index (χ0n) is 13.9. The molecule has 1 amide bonds. The van der Waals surface area contributed by atoms with Crippen molar-refractivity contribution in [1.29, 1.82) is 0 Å². The number of carbonyl (C=O) groups is 1.